The van der Waals surface area contributed by atoms with Crippen LogP contribution in [0.1, 0.15) is 16.8 Å². The van der Waals surface area contributed by atoms with Gasteiger partial charge in [-0.25, -0.2) is 4.68 Å². The summed E-state index contributed by atoms with van der Waals surface area (Å²) in [5.74, 6) is -0.690. The summed E-state index contributed by atoms with van der Waals surface area (Å²) < 4.78 is 1.13. The number of aromatic nitrogens is 3. The molecule has 3 N–H and O–H groups in total. The number of hydrogen-bond acceptors (Lipinski definition) is 5. The number of fused-ring (bicyclic) bond motifs is 1. The van der Waals surface area contributed by atoms with Gasteiger partial charge >= 0.3 is 0 Å². The Labute approximate surface area is 181 Å². The zero-order chi connectivity index (χ0) is 22.5. The first kappa shape index (κ1) is 20.7. The lowest BCUT2D eigenvalue weighted by Crippen LogP contribution is -2.31. The van der Waals surface area contributed by atoms with Crippen molar-refractivity contribution in [1.29, 1.82) is 0 Å². The van der Waals surface area contributed by atoms with Crippen LogP contribution in [0.15, 0.2) is 82.6 Å². The Balaban J connectivity index is 1.42. The van der Waals surface area contributed by atoms with Crippen LogP contribution >= 0.6 is 0 Å². The smallest absolute Gasteiger partial charge is 0.273 e. The van der Waals surface area contributed by atoms with Crippen LogP contribution in [0, 0.1) is 0 Å². The molecule has 0 aliphatic rings. The third-order valence-corrected chi connectivity index (χ3v) is 4.79. The van der Waals surface area contributed by atoms with Crippen molar-refractivity contribution in [2.45, 2.75) is 13.0 Å². The molecular weight excluding hydrogens is 410 g/mol. The zero-order valence-corrected chi connectivity index (χ0v) is 16.9. The summed E-state index contributed by atoms with van der Waals surface area (Å²) >= 11 is 0. The number of H-pyrrole nitrogens is 1. The van der Waals surface area contributed by atoms with Crippen LogP contribution in [-0.2, 0) is 11.3 Å². The monoisotopic (exact) mass is 429 g/mol. The molecule has 4 aromatic rings. The topological polar surface area (TPSA) is 126 Å². The van der Waals surface area contributed by atoms with Gasteiger partial charge < -0.3 is 10.6 Å². The molecule has 0 saturated carbocycles. The molecular formula is C23H19N5O4. The van der Waals surface area contributed by atoms with E-state index in [0.29, 0.717) is 27.7 Å². The van der Waals surface area contributed by atoms with Crippen molar-refractivity contribution in [1.82, 2.24) is 14.8 Å². The minimum absolute atomic E-state index is 0.00691. The van der Waals surface area contributed by atoms with Crippen LogP contribution in [0.3, 0.4) is 0 Å². The first-order valence-corrected chi connectivity index (χ1v) is 9.84. The van der Waals surface area contributed by atoms with Gasteiger partial charge in [0.15, 0.2) is 0 Å². The van der Waals surface area contributed by atoms with Crippen LogP contribution in [0.5, 0.6) is 0 Å². The van der Waals surface area contributed by atoms with E-state index in [1.54, 1.807) is 73.1 Å². The van der Waals surface area contributed by atoms with Gasteiger partial charge in [0, 0.05) is 35.8 Å². The van der Waals surface area contributed by atoms with Gasteiger partial charge in [-0.3, -0.25) is 29.3 Å². The molecule has 0 spiro atoms. The average Bonchev–Trinajstić information content (AvgIpc) is 2.81. The number of aromatic amines is 1. The lowest BCUT2D eigenvalue weighted by molar-refractivity contribution is -0.116. The Morgan fingerprint density at radius 1 is 0.875 bits per heavy atom. The van der Waals surface area contributed by atoms with Crippen molar-refractivity contribution in [3.05, 3.63) is 99.3 Å². The van der Waals surface area contributed by atoms with Crippen LogP contribution < -0.4 is 21.8 Å². The Kier molecular flexibility index (Phi) is 5.89. The van der Waals surface area contributed by atoms with Crippen LogP contribution in [0.4, 0.5) is 11.4 Å². The van der Waals surface area contributed by atoms with Crippen LogP contribution in [0.25, 0.3) is 10.8 Å². The molecule has 2 heterocycles. The normalized spacial score (nSPS) is 10.6. The van der Waals surface area contributed by atoms with E-state index >= 15 is 0 Å². The van der Waals surface area contributed by atoms with E-state index < -0.39 is 5.56 Å². The minimum Gasteiger partial charge on any atom is -0.326 e. The number of carbonyl (C=O) groups is 2. The largest absolute Gasteiger partial charge is 0.326 e. The van der Waals surface area contributed by atoms with Crippen molar-refractivity contribution >= 4 is 34.0 Å². The maximum atomic E-state index is 12.5. The first-order chi connectivity index (χ1) is 15.5. The highest BCUT2D eigenvalue weighted by Gasteiger charge is 2.11. The molecule has 2 amide bonds. The van der Waals surface area contributed by atoms with Gasteiger partial charge in [0.1, 0.15) is 0 Å². The van der Waals surface area contributed by atoms with Gasteiger partial charge in [0.25, 0.3) is 17.0 Å². The fourth-order valence-electron chi connectivity index (χ4n) is 3.22. The molecule has 0 aliphatic carbocycles. The molecule has 0 atom stereocenters. The molecule has 9 nitrogen and oxygen atoms in total. The van der Waals surface area contributed by atoms with E-state index in [9.17, 15) is 19.2 Å². The Bertz CT molecular complexity index is 1410. The SMILES string of the molecule is O=C(CCn1[nH]c(=O)c2ccccc2c1=O)Nc1cccc(C(=O)Nc2ccncc2)c1. The quantitative estimate of drug-likeness (QED) is 0.434. The summed E-state index contributed by atoms with van der Waals surface area (Å²) in [6.07, 6.45) is 3.10. The van der Waals surface area contributed by atoms with E-state index in [1.807, 2.05) is 0 Å². The number of aryl methyl sites for hydroxylation is 1. The predicted molar refractivity (Wildman–Crippen MR) is 121 cm³/mol. The van der Waals surface area contributed by atoms with Gasteiger partial charge in [0.2, 0.25) is 5.91 Å². The molecule has 9 heteroatoms. The summed E-state index contributed by atoms with van der Waals surface area (Å²) in [6, 6.07) is 16.3. The van der Waals surface area contributed by atoms with Gasteiger partial charge in [-0.1, -0.05) is 18.2 Å². The molecule has 160 valence electrons. The van der Waals surface area contributed by atoms with Crippen molar-refractivity contribution in [3.8, 4) is 0 Å². The van der Waals surface area contributed by atoms with Crippen LogP contribution in [0.2, 0.25) is 0 Å². The molecule has 0 bridgehead atoms. The Morgan fingerprint density at radius 2 is 1.62 bits per heavy atom. The van der Waals surface area contributed by atoms with E-state index in [1.165, 1.54) is 0 Å². The van der Waals surface area contributed by atoms with Gasteiger partial charge in [-0.2, -0.15) is 0 Å². The second kappa shape index (κ2) is 9.09. The first-order valence-electron chi connectivity index (χ1n) is 9.84. The van der Waals surface area contributed by atoms with Gasteiger partial charge in [0.05, 0.1) is 17.3 Å². The number of pyridine rings is 1. The van der Waals surface area contributed by atoms with E-state index in [2.05, 4.69) is 20.7 Å². The Hall–Kier alpha value is -4.53. The third kappa shape index (κ3) is 4.62. The van der Waals surface area contributed by atoms with E-state index in [0.717, 1.165) is 4.68 Å². The highest BCUT2D eigenvalue weighted by atomic mass is 16.2. The highest BCUT2D eigenvalue weighted by Crippen LogP contribution is 2.13. The number of carbonyl (C=O) groups excluding carboxylic acids is 2. The molecule has 0 fully saturated rings. The molecule has 0 aliphatic heterocycles. The van der Waals surface area contributed by atoms with E-state index in [-0.39, 0.29) is 30.3 Å². The van der Waals surface area contributed by atoms with Crippen molar-refractivity contribution < 1.29 is 9.59 Å². The molecule has 32 heavy (non-hydrogen) atoms. The number of amides is 2. The van der Waals surface area contributed by atoms with E-state index in [4.69, 9.17) is 0 Å². The number of hydrogen-bond donors (Lipinski definition) is 3. The molecule has 0 radical (unpaired) electrons. The zero-order valence-electron chi connectivity index (χ0n) is 16.9. The average molecular weight is 429 g/mol. The molecule has 4 rings (SSSR count). The van der Waals surface area contributed by atoms with Gasteiger partial charge in [-0.15, -0.1) is 0 Å². The van der Waals surface area contributed by atoms with Crippen LogP contribution in [-0.4, -0.2) is 26.6 Å². The fourth-order valence-corrected chi connectivity index (χ4v) is 3.22. The molecule has 2 aromatic carbocycles. The van der Waals surface area contributed by atoms with Crippen molar-refractivity contribution in [3.63, 3.8) is 0 Å². The standard InChI is InChI=1S/C23H19N5O4/c29-20(10-13-28-23(32)19-7-2-1-6-18(19)22(31)27-28)25-17-5-3-4-15(14-17)21(30)26-16-8-11-24-12-9-16/h1-9,11-12,14H,10,13H2,(H,25,29)(H,27,31)(H,24,26,30). The number of benzene rings is 2. The summed E-state index contributed by atoms with van der Waals surface area (Å²) in [4.78, 5) is 53.4. The predicted octanol–water partition coefficient (Wildman–Crippen LogP) is 2.37. The highest BCUT2D eigenvalue weighted by molar-refractivity contribution is 6.05. The summed E-state index contributed by atoms with van der Waals surface area (Å²) in [6.45, 7) is 0.00691. The summed E-state index contributed by atoms with van der Waals surface area (Å²) in [7, 11) is 0. The number of rotatable bonds is 6. The van der Waals surface area contributed by atoms with Crippen molar-refractivity contribution in [2.75, 3.05) is 10.6 Å². The lowest BCUT2D eigenvalue weighted by Gasteiger charge is -2.10. The lowest BCUT2D eigenvalue weighted by atomic mass is 10.2. The maximum Gasteiger partial charge on any atom is 0.273 e. The summed E-state index contributed by atoms with van der Waals surface area (Å²) in [5.41, 5.74) is 0.650. The second-order valence-corrected chi connectivity index (χ2v) is 7.01. The Morgan fingerprint density at radius 3 is 2.41 bits per heavy atom. The number of nitrogens with one attached hydrogen (secondary N) is 3. The maximum absolute atomic E-state index is 12.5. The van der Waals surface area contributed by atoms with Crippen molar-refractivity contribution in [2.24, 2.45) is 0 Å². The molecule has 0 saturated heterocycles. The fraction of sp³-hybridized carbons (Fsp3) is 0.0870. The number of anilines is 2. The molecule has 2 aromatic heterocycles. The molecule has 0 unspecified atom stereocenters. The minimum atomic E-state index is -0.395. The van der Waals surface area contributed by atoms with Gasteiger partial charge in [-0.05, 0) is 42.5 Å². The third-order valence-electron chi connectivity index (χ3n) is 4.79. The summed E-state index contributed by atoms with van der Waals surface area (Å²) in [5, 5.41) is 8.55. The second-order valence-electron chi connectivity index (χ2n) is 7.01. The number of nitrogens with zero attached hydrogens (tertiary/aromatic N) is 2.